The molecular formula is C12H19N3O4. The van der Waals surface area contributed by atoms with Crippen LogP contribution in [0.15, 0.2) is 12.7 Å². The van der Waals surface area contributed by atoms with Gasteiger partial charge in [0.25, 0.3) is 0 Å². The van der Waals surface area contributed by atoms with E-state index in [1.54, 1.807) is 18.7 Å². The van der Waals surface area contributed by atoms with E-state index in [0.29, 0.717) is 32.1 Å². The summed E-state index contributed by atoms with van der Waals surface area (Å²) in [5.41, 5.74) is 0.878. The third-order valence-electron chi connectivity index (χ3n) is 2.39. The standard InChI is InChI=1S/C12H19N3O4/c1-4-6-19-12(16)11-10(2)15(14-13-11)5-7-18-9-8-17-3/h4H,1,5-9H2,2-3H3. The fourth-order valence-electron chi connectivity index (χ4n) is 1.36. The zero-order valence-corrected chi connectivity index (χ0v) is 11.3. The van der Waals surface area contributed by atoms with Crippen LogP contribution in [0.2, 0.25) is 0 Å². The van der Waals surface area contributed by atoms with E-state index < -0.39 is 5.97 Å². The minimum atomic E-state index is -0.496. The van der Waals surface area contributed by atoms with Gasteiger partial charge in [0.1, 0.15) is 6.61 Å². The largest absolute Gasteiger partial charge is 0.457 e. The smallest absolute Gasteiger partial charge is 0.361 e. The van der Waals surface area contributed by atoms with Crippen LogP contribution in [0.5, 0.6) is 0 Å². The van der Waals surface area contributed by atoms with Crippen molar-refractivity contribution in [1.82, 2.24) is 15.0 Å². The number of methoxy groups -OCH3 is 1. The molecule has 0 aliphatic heterocycles. The average Bonchev–Trinajstić information content (AvgIpc) is 2.77. The van der Waals surface area contributed by atoms with Crippen LogP contribution in [-0.4, -0.2) is 54.5 Å². The van der Waals surface area contributed by atoms with E-state index in [-0.39, 0.29) is 12.3 Å². The Morgan fingerprint density at radius 2 is 2.21 bits per heavy atom. The molecule has 0 aliphatic carbocycles. The third-order valence-corrected chi connectivity index (χ3v) is 2.39. The van der Waals surface area contributed by atoms with Gasteiger partial charge in [0.2, 0.25) is 0 Å². The molecule has 0 radical (unpaired) electrons. The third kappa shape index (κ3) is 4.80. The summed E-state index contributed by atoms with van der Waals surface area (Å²) >= 11 is 0. The van der Waals surface area contributed by atoms with Crippen LogP contribution in [0.25, 0.3) is 0 Å². The summed E-state index contributed by atoms with van der Waals surface area (Å²) in [4.78, 5) is 11.6. The summed E-state index contributed by atoms with van der Waals surface area (Å²) < 4.78 is 16.7. The molecule has 0 spiro atoms. The van der Waals surface area contributed by atoms with E-state index in [0.717, 1.165) is 0 Å². The Hall–Kier alpha value is -1.73. The first kappa shape index (κ1) is 15.3. The van der Waals surface area contributed by atoms with Crippen molar-refractivity contribution in [3.63, 3.8) is 0 Å². The van der Waals surface area contributed by atoms with Crippen LogP contribution >= 0.6 is 0 Å². The maximum Gasteiger partial charge on any atom is 0.361 e. The lowest BCUT2D eigenvalue weighted by Crippen LogP contribution is -2.12. The molecule has 1 aromatic rings. The number of hydrogen-bond acceptors (Lipinski definition) is 6. The Morgan fingerprint density at radius 3 is 2.89 bits per heavy atom. The van der Waals surface area contributed by atoms with Crippen molar-refractivity contribution in [2.75, 3.05) is 33.5 Å². The minimum Gasteiger partial charge on any atom is -0.457 e. The van der Waals surface area contributed by atoms with Gasteiger partial charge in [-0.25, -0.2) is 9.48 Å². The minimum absolute atomic E-state index is 0.158. The van der Waals surface area contributed by atoms with Gasteiger partial charge in [-0.3, -0.25) is 0 Å². The van der Waals surface area contributed by atoms with Gasteiger partial charge in [0.15, 0.2) is 5.69 Å². The summed E-state index contributed by atoms with van der Waals surface area (Å²) in [5, 5.41) is 7.70. The van der Waals surface area contributed by atoms with Gasteiger partial charge < -0.3 is 14.2 Å². The number of rotatable bonds is 9. The molecule has 0 atom stereocenters. The first-order chi connectivity index (χ1) is 9.20. The van der Waals surface area contributed by atoms with E-state index in [4.69, 9.17) is 14.2 Å². The number of esters is 1. The van der Waals surface area contributed by atoms with E-state index in [9.17, 15) is 4.79 Å². The van der Waals surface area contributed by atoms with Crippen molar-refractivity contribution in [3.05, 3.63) is 24.0 Å². The molecule has 1 rings (SSSR count). The first-order valence-corrected chi connectivity index (χ1v) is 5.95. The molecule has 0 aromatic carbocycles. The molecule has 1 aromatic heterocycles. The molecule has 1 heterocycles. The van der Waals surface area contributed by atoms with E-state index >= 15 is 0 Å². The maximum absolute atomic E-state index is 11.6. The molecule has 7 nitrogen and oxygen atoms in total. The van der Waals surface area contributed by atoms with Gasteiger partial charge in [-0.15, -0.1) is 5.10 Å². The Labute approximate surface area is 112 Å². The van der Waals surface area contributed by atoms with Gasteiger partial charge in [-0.1, -0.05) is 17.9 Å². The molecule has 0 amide bonds. The van der Waals surface area contributed by atoms with E-state index in [1.807, 2.05) is 0 Å². The van der Waals surface area contributed by atoms with Gasteiger partial charge >= 0.3 is 5.97 Å². The molecule has 0 saturated heterocycles. The maximum atomic E-state index is 11.6. The molecule has 19 heavy (non-hydrogen) atoms. The van der Waals surface area contributed by atoms with Crippen LogP contribution in [-0.2, 0) is 20.8 Å². The summed E-state index contributed by atoms with van der Waals surface area (Å²) in [6, 6.07) is 0. The lowest BCUT2D eigenvalue weighted by atomic mass is 10.3. The number of aromatic nitrogens is 3. The Bertz CT molecular complexity index is 417. The molecular weight excluding hydrogens is 250 g/mol. The zero-order chi connectivity index (χ0) is 14.1. The molecule has 106 valence electrons. The molecule has 7 heteroatoms. The second-order valence-corrected chi connectivity index (χ2v) is 3.74. The summed E-state index contributed by atoms with van der Waals surface area (Å²) in [6.45, 7) is 7.48. The normalized spacial score (nSPS) is 10.4. The number of hydrogen-bond donors (Lipinski definition) is 0. The van der Waals surface area contributed by atoms with Crippen LogP contribution < -0.4 is 0 Å². The summed E-state index contributed by atoms with van der Waals surface area (Å²) in [7, 11) is 1.62. The van der Waals surface area contributed by atoms with Gasteiger partial charge in [-0.05, 0) is 6.92 Å². The lowest BCUT2D eigenvalue weighted by molar-refractivity contribution is 0.0541. The average molecular weight is 269 g/mol. The molecule has 0 bridgehead atoms. The quantitative estimate of drug-likeness (QED) is 0.371. The zero-order valence-electron chi connectivity index (χ0n) is 11.3. The van der Waals surface area contributed by atoms with Crippen molar-refractivity contribution < 1.29 is 19.0 Å². The SMILES string of the molecule is C=CCOC(=O)c1nnn(CCOCCOC)c1C. The fourth-order valence-corrected chi connectivity index (χ4v) is 1.36. The van der Waals surface area contributed by atoms with Crippen LogP contribution in [0.1, 0.15) is 16.2 Å². The van der Waals surface area contributed by atoms with Crippen molar-refractivity contribution >= 4 is 5.97 Å². The molecule has 0 aliphatic rings. The van der Waals surface area contributed by atoms with Crippen molar-refractivity contribution in [3.8, 4) is 0 Å². The van der Waals surface area contributed by atoms with Crippen LogP contribution in [0.3, 0.4) is 0 Å². The predicted octanol–water partition coefficient (Wildman–Crippen LogP) is 0.592. The van der Waals surface area contributed by atoms with Crippen molar-refractivity contribution in [1.29, 1.82) is 0 Å². The van der Waals surface area contributed by atoms with Crippen molar-refractivity contribution in [2.24, 2.45) is 0 Å². The van der Waals surface area contributed by atoms with Gasteiger partial charge in [0.05, 0.1) is 32.1 Å². The Morgan fingerprint density at radius 1 is 1.42 bits per heavy atom. The predicted molar refractivity (Wildman–Crippen MR) is 67.9 cm³/mol. The fraction of sp³-hybridized carbons (Fsp3) is 0.583. The highest BCUT2D eigenvalue weighted by Crippen LogP contribution is 2.05. The molecule has 0 saturated carbocycles. The van der Waals surface area contributed by atoms with E-state index in [1.165, 1.54) is 6.08 Å². The summed E-state index contributed by atoms with van der Waals surface area (Å²) in [6.07, 6.45) is 1.50. The number of ether oxygens (including phenoxy) is 3. The van der Waals surface area contributed by atoms with Gasteiger partial charge in [-0.2, -0.15) is 0 Å². The topological polar surface area (TPSA) is 75.5 Å². The lowest BCUT2D eigenvalue weighted by Gasteiger charge is -2.05. The molecule has 0 unspecified atom stereocenters. The Kier molecular flexibility index (Phi) is 6.76. The number of nitrogens with zero attached hydrogens (tertiary/aromatic N) is 3. The van der Waals surface area contributed by atoms with E-state index in [2.05, 4.69) is 16.9 Å². The van der Waals surface area contributed by atoms with Crippen LogP contribution in [0.4, 0.5) is 0 Å². The molecule has 0 N–H and O–H groups in total. The summed E-state index contributed by atoms with van der Waals surface area (Å²) in [5.74, 6) is -0.496. The monoisotopic (exact) mass is 269 g/mol. The Balaban J connectivity index is 2.46. The highest BCUT2D eigenvalue weighted by molar-refractivity contribution is 5.88. The van der Waals surface area contributed by atoms with Crippen LogP contribution in [0, 0.1) is 6.92 Å². The highest BCUT2D eigenvalue weighted by Gasteiger charge is 2.17. The second-order valence-electron chi connectivity index (χ2n) is 3.74. The second kappa shape index (κ2) is 8.39. The highest BCUT2D eigenvalue weighted by atomic mass is 16.5. The number of carbonyl (C=O) groups is 1. The molecule has 0 fully saturated rings. The first-order valence-electron chi connectivity index (χ1n) is 5.95. The number of carbonyl (C=O) groups excluding carboxylic acids is 1. The van der Waals surface area contributed by atoms with Crippen molar-refractivity contribution in [2.45, 2.75) is 13.5 Å². The van der Waals surface area contributed by atoms with Gasteiger partial charge in [0, 0.05) is 7.11 Å².